The van der Waals surface area contributed by atoms with Gasteiger partial charge in [0, 0.05) is 37.6 Å². The van der Waals surface area contributed by atoms with Crippen molar-refractivity contribution in [2.24, 2.45) is 0 Å². The number of amides is 1. The predicted octanol–water partition coefficient (Wildman–Crippen LogP) is 3.02. The van der Waals surface area contributed by atoms with Gasteiger partial charge in [-0.05, 0) is 47.8 Å². The molecule has 1 amide bonds. The van der Waals surface area contributed by atoms with E-state index in [1.54, 1.807) is 22.5 Å². The summed E-state index contributed by atoms with van der Waals surface area (Å²) in [5.41, 5.74) is 0. The van der Waals surface area contributed by atoms with Crippen LogP contribution in [-0.2, 0) is 27.9 Å². The van der Waals surface area contributed by atoms with Crippen LogP contribution in [0.15, 0.2) is 69.5 Å². The molecular formula is C22H24FN3O4S2. The molecule has 1 aromatic carbocycles. The third-order valence-corrected chi connectivity index (χ3v) is 8.09. The zero-order chi connectivity index (χ0) is 22.6. The van der Waals surface area contributed by atoms with Gasteiger partial charge in [0.2, 0.25) is 15.9 Å². The Labute approximate surface area is 190 Å². The number of thiophene rings is 1. The maximum Gasteiger partial charge on any atom is 0.243 e. The molecule has 0 atom stereocenters. The van der Waals surface area contributed by atoms with Gasteiger partial charge in [-0.1, -0.05) is 6.07 Å². The van der Waals surface area contributed by atoms with E-state index >= 15 is 0 Å². The summed E-state index contributed by atoms with van der Waals surface area (Å²) >= 11 is 1.63. The summed E-state index contributed by atoms with van der Waals surface area (Å²) in [5, 5.41) is 2.00. The van der Waals surface area contributed by atoms with Crippen LogP contribution in [0, 0.1) is 5.82 Å². The second kappa shape index (κ2) is 9.95. The Morgan fingerprint density at radius 1 is 1.03 bits per heavy atom. The van der Waals surface area contributed by atoms with E-state index in [-0.39, 0.29) is 30.4 Å². The third-order valence-electron chi connectivity index (χ3n) is 5.32. The Morgan fingerprint density at radius 3 is 2.41 bits per heavy atom. The van der Waals surface area contributed by atoms with Gasteiger partial charge < -0.3 is 9.32 Å². The molecule has 7 nitrogen and oxygen atoms in total. The minimum atomic E-state index is -3.71. The fourth-order valence-electron chi connectivity index (χ4n) is 3.64. The molecule has 0 bridgehead atoms. The lowest BCUT2D eigenvalue weighted by atomic mass is 10.3. The molecule has 3 aromatic rings. The summed E-state index contributed by atoms with van der Waals surface area (Å²) in [6.45, 7) is 2.38. The zero-order valence-corrected chi connectivity index (χ0v) is 19.0. The Kier molecular flexibility index (Phi) is 7.04. The van der Waals surface area contributed by atoms with Crippen molar-refractivity contribution in [1.82, 2.24) is 14.1 Å². The van der Waals surface area contributed by atoms with Crippen LogP contribution in [0.3, 0.4) is 0 Å². The molecule has 4 rings (SSSR count). The highest BCUT2D eigenvalue weighted by molar-refractivity contribution is 7.89. The van der Waals surface area contributed by atoms with E-state index in [2.05, 4.69) is 0 Å². The van der Waals surface area contributed by atoms with E-state index in [0.29, 0.717) is 26.2 Å². The third kappa shape index (κ3) is 5.44. The van der Waals surface area contributed by atoms with Crippen LogP contribution in [0.25, 0.3) is 0 Å². The number of carbonyl (C=O) groups excluding carboxylic acids is 1. The Balaban J connectivity index is 1.36. The normalized spacial score (nSPS) is 15.4. The lowest BCUT2D eigenvalue weighted by molar-refractivity contribution is -0.133. The topological polar surface area (TPSA) is 74.1 Å². The lowest BCUT2D eigenvalue weighted by Crippen LogP contribution is -2.52. The first-order valence-electron chi connectivity index (χ1n) is 10.2. The number of halogens is 1. The average Bonchev–Trinajstić information content (AvgIpc) is 3.48. The van der Waals surface area contributed by atoms with Gasteiger partial charge in [-0.15, -0.1) is 11.3 Å². The fourth-order valence-corrected chi connectivity index (χ4v) is 5.81. The van der Waals surface area contributed by atoms with Gasteiger partial charge in [-0.3, -0.25) is 9.69 Å². The van der Waals surface area contributed by atoms with Crippen LogP contribution in [0.5, 0.6) is 0 Å². The van der Waals surface area contributed by atoms with Crippen molar-refractivity contribution in [3.63, 3.8) is 0 Å². The number of hydrogen-bond donors (Lipinski definition) is 0. The molecule has 170 valence electrons. The van der Waals surface area contributed by atoms with Crippen molar-refractivity contribution in [3.05, 3.63) is 76.6 Å². The summed E-state index contributed by atoms with van der Waals surface area (Å²) < 4.78 is 45.5. The van der Waals surface area contributed by atoms with Crippen LogP contribution >= 0.6 is 11.3 Å². The largest absolute Gasteiger partial charge is 0.468 e. The first kappa shape index (κ1) is 22.7. The van der Waals surface area contributed by atoms with Crippen LogP contribution in [0.4, 0.5) is 4.39 Å². The van der Waals surface area contributed by atoms with E-state index < -0.39 is 15.8 Å². The number of carbonyl (C=O) groups is 1. The summed E-state index contributed by atoms with van der Waals surface area (Å²) in [7, 11) is -3.71. The van der Waals surface area contributed by atoms with Crippen molar-refractivity contribution >= 4 is 27.3 Å². The van der Waals surface area contributed by atoms with Crippen molar-refractivity contribution in [2.75, 3.05) is 32.7 Å². The van der Waals surface area contributed by atoms with Gasteiger partial charge in [-0.25, -0.2) is 12.8 Å². The Hall–Kier alpha value is -2.53. The first-order valence-corrected chi connectivity index (χ1v) is 12.5. The quantitative estimate of drug-likeness (QED) is 0.499. The summed E-state index contributed by atoms with van der Waals surface area (Å²) in [6, 6.07) is 12.5. The molecule has 0 unspecified atom stereocenters. The number of nitrogens with zero attached hydrogens (tertiary/aromatic N) is 3. The van der Waals surface area contributed by atoms with Crippen molar-refractivity contribution in [3.8, 4) is 0 Å². The van der Waals surface area contributed by atoms with Gasteiger partial charge in [0.15, 0.2) is 0 Å². The highest BCUT2D eigenvalue weighted by Gasteiger charge is 2.30. The maximum atomic E-state index is 13.1. The van der Waals surface area contributed by atoms with Gasteiger partial charge >= 0.3 is 0 Å². The van der Waals surface area contributed by atoms with Crippen molar-refractivity contribution in [1.29, 1.82) is 0 Å². The zero-order valence-electron chi connectivity index (χ0n) is 17.4. The van der Waals surface area contributed by atoms with E-state index in [1.165, 1.54) is 16.4 Å². The molecule has 0 spiro atoms. The number of furan rings is 1. The molecule has 3 heterocycles. The van der Waals surface area contributed by atoms with Gasteiger partial charge in [0.05, 0.1) is 24.2 Å². The van der Waals surface area contributed by atoms with E-state index in [1.807, 2.05) is 34.5 Å². The second-order valence-corrected chi connectivity index (χ2v) is 10.5. The molecular weight excluding hydrogens is 453 g/mol. The Bertz CT molecular complexity index is 1070. The summed E-state index contributed by atoms with van der Waals surface area (Å²) in [5.74, 6) is 0.248. The molecule has 32 heavy (non-hydrogen) atoms. The summed E-state index contributed by atoms with van der Waals surface area (Å²) in [6.07, 6.45) is 1.61. The smallest absolute Gasteiger partial charge is 0.243 e. The van der Waals surface area contributed by atoms with Gasteiger partial charge in [0.1, 0.15) is 11.6 Å². The molecule has 0 saturated carbocycles. The number of piperazine rings is 1. The Morgan fingerprint density at radius 2 is 1.78 bits per heavy atom. The van der Waals surface area contributed by atoms with Crippen LogP contribution in [0.1, 0.15) is 10.6 Å². The number of sulfonamides is 1. The van der Waals surface area contributed by atoms with Gasteiger partial charge in [-0.2, -0.15) is 4.31 Å². The number of rotatable bonds is 8. The van der Waals surface area contributed by atoms with Crippen LogP contribution < -0.4 is 0 Å². The highest BCUT2D eigenvalue weighted by atomic mass is 32.2. The second-order valence-electron chi connectivity index (χ2n) is 7.54. The average molecular weight is 478 g/mol. The van der Waals surface area contributed by atoms with Crippen molar-refractivity contribution in [2.45, 2.75) is 18.0 Å². The number of benzene rings is 1. The molecule has 2 aromatic heterocycles. The minimum Gasteiger partial charge on any atom is -0.468 e. The molecule has 0 radical (unpaired) electrons. The molecule has 1 fully saturated rings. The molecule has 1 aliphatic heterocycles. The van der Waals surface area contributed by atoms with Gasteiger partial charge in [0.25, 0.3) is 0 Å². The molecule has 0 N–H and O–H groups in total. The molecule has 0 aliphatic carbocycles. The van der Waals surface area contributed by atoms with E-state index in [0.717, 1.165) is 22.8 Å². The van der Waals surface area contributed by atoms with Crippen LogP contribution in [-0.4, -0.2) is 61.2 Å². The SMILES string of the molecule is O=C(CN(Cc1ccco1)Cc1cccs1)N1CCN(S(=O)(=O)c2ccc(F)cc2)CC1. The summed E-state index contributed by atoms with van der Waals surface area (Å²) in [4.78, 5) is 17.9. The molecule has 1 saturated heterocycles. The maximum absolute atomic E-state index is 13.1. The molecule has 10 heteroatoms. The lowest BCUT2D eigenvalue weighted by Gasteiger charge is -2.35. The fraction of sp³-hybridized carbons (Fsp3) is 0.318. The monoisotopic (exact) mass is 477 g/mol. The molecule has 1 aliphatic rings. The highest BCUT2D eigenvalue weighted by Crippen LogP contribution is 2.19. The minimum absolute atomic E-state index is 0.0491. The predicted molar refractivity (Wildman–Crippen MR) is 119 cm³/mol. The number of hydrogen-bond acceptors (Lipinski definition) is 6. The van der Waals surface area contributed by atoms with Crippen LogP contribution in [0.2, 0.25) is 0 Å². The first-order chi connectivity index (χ1) is 15.4. The van der Waals surface area contributed by atoms with Crippen molar-refractivity contribution < 1.29 is 22.0 Å². The van der Waals surface area contributed by atoms with E-state index in [4.69, 9.17) is 4.42 Å². The standard InChI is InChI=1S/C22H24FN3O4S2/c23-18-5-7-21(8-6-18)32(28,29)26-11-9-25(10-12-26)22(27)17-24(15-19-3-1-13-30-19)16-20-4-2-14-31-20/h1-8,13-14H,9-12,15-17H2. The van der Waals surface area contributed by atoms with E-state index in [9.17, 15) is 17.6 Å².